The predicted molar refractivity (Wildman–Crippen MR) is 102 cm³/mol. The smallest absolute Gasteiger partial charge is 0.310 e. The maximum absolute atomic E-state index is 12.1. The first-order chi connectivity index (χ1) is 13.9. The zero-order valence-corrected chi connectivity index (χ0v) is 15.2. The Morgan fingerprint density at radius 1 is 1.03 bits per heavy atom. The van der Waals surface area contributed by atoms with Crippen LogP contribution in [0.1, 0.15) is 23.2 Å². The second-order valence-electron chi connectivity index (χ2n) is 6.36. The minimum absolute atomic E-state index is 0.0342. The second kappa shape index (κ2) is 8.83. The molecule has 150 valence electrons. The van der Waals surface area contributed by atoms with Crippen LogP contribution in [0.2, 0.25) is 0 Å². The SMILES string of the molecule is O=C(COc1ccccc1[N+](=O)[O-])NNC(=O)c1ccc(NC(=O)C2CC2)cc1. The van der Waals surface area contributed by atoms with Crippen molar-refractivity contribution in [2.24, 2.45) is 5.92 Å². The Kier molecular flexibility index (Phi) is 6.03. The zero-order valence-electron chi connectivity index (χ0n) is 15.2. The van der Waals surface area contributed by atoms with Crippen molar-refractivity contribution in [3.8, 4) is 5.75 Å². The van der Waals surface area contributed by atoms with Crippen molar-refractivity contribution < 1.29 is 24.0 Å². The molecule has 1 aliphatic carbocycles. The second-order valence-corrected chi connectivity index (χ2v) is 6.36. The van der Waals surface area contributed by atoms with Crippen LogP contribution in [0.5, 0.6) is 5.75 Å². The van der Waals surface area contributed by atoms with Gasteiger partial charge in [-0.3, -0.25) is 35.3 Å². The molecule has 0 radical (unpaired) electrons. The van der Waals surface area contributed by atoms with E-state index in [0.29, 0.717) is 5.69 Å². The molecule has 0 saturated heterocycles. The molecule has 0 heterocycles. The number of hydrazine groups is 1. The first kappa shape index (κ1) is 19.8. The lowest BCUT2D eigenvalue weighted by Gasteiger charge is -2.09. The van der Waals surface area contributed by atoms with E-state index >= 15 is 0 Å². The molecule has 1 fully saturated rings. The van der Waals surface area contributed by atoms with Gasteiger partial charge in [-0.1, -0.05) is 12.1 Å². The standard InChI is InChI=1S/C19H18N4O6/c24-17(11-29-16-4-2-1-3-15(16)23(27)28)21-22-19(26)13-7-9-14(10-8-13)20-18(25)12-5-6-12/h1-4,7-10,12H,5-6,11H2,(H,20,25)(H,21,24)(H,22,26). The van der Waals surface area contributed by atoms with Crippen molar-refractivity contribution in [1.29, 1.82) is 0 Å². The van der Waals surface area contributed by atoms with E-state index in [-0.39, 0.29) is 28.8 Å². The van der Waals surface area contributed by atoms with Crippen LogP contribution < -0.4 is 20.9 Å². The first-order valence-corrected chi connectivity index (χ1v) is 8.80. The van der Waals surface area contributed by atoms with Gasteiger partial charge in [-0.2, -0.15) is 0 Å². The van der Waals surface area contributed by atoms with E-state index in [4.69, 9.17) is 4.74 Å². The highest BCUT2D eigenvalue weighted by atomic mass is 16.6. The summed E-state index contributed by atoms with van der Waals surface area (Å²) in [6, 6.07) is 11.8. The third-order valence-corrected chi connectivity index (χ3v) is 4.10. The summed E-state index contributed by atoms with van der Waals surface area (Å²) in [5.41, 5.74) is 4.98. The number of hydrogen-bond acceptors (Lipinski definition) is 6. The van der Waals surface area contributed by atoms with Gasteiger partial charge < -0.3 is 10.1 Å². The van der Waals surface area contributed by atoms with Crippen LogP contribution in [0.15, 0.2) is 48.5 Å². The van der Waals surface area contributed by atoms with Crippen molar-refractivity contribution in [2.45, 2.75) is 12.8 Å². The summed E-state index contributed by atoms with van der Waals surface area (Å²) in [4.78, 5) is 45.9. The summed E-state index contributed by atoms with van der Waals surface area (Å²) in [5.74, 6) is -1.27. The predicted octanol–water partition coefficient (Wildman–Crippen LogP) is 1.78. The van der Waals surface area contributed by atoms with Crippen LogP contribution in [0.4, 0.5) is 11.4 Å². The minimum atomic E-state index is -0.690. The molecule has 0 unspecified atom stereocenters. The molecule has 1 aliphatic rings. The minimum Gasteiger partial charge on any atom is -0.477 e. The average Bonchev–Trinajstić information content (AvgIpc) is 3.56. The van der Waals surface area contributed by atoms with Crippen LogP contribution in [0.3, 0.4) is 0 Å². The number of nitro groups is 1. The highest BCUT2D eigenvalue weighted by Crippen LogP contribution is 2.30. The van der Waals surface area contributed by atoms with E-state index in [2.05, 4.69) is 16.2 Å². The van der Waals surface area contributed by atoms with Crippen molar-refractivity contribution in [3.63, 3.8) is 0 Å². The Hall–Kier alpha value is -3.95. The van der Waals surface area contributed by atoms with Gasteiger partial charge in [0.05, 0.1) is 4.92 Å². The third-order valence-electron chi connectivity index (χ3n) is 4.10. The molecule has 10 nitrogen and oxygen atoms in total. The Labute approximate surface area is 165 Å². The fourth-order valence-electron chi connectivity index (χ4n) is 2.40. The highest BCUT2D eigenvalue weighted by Gasteiger charge is 2.29. The number of benzene rings is 2. The molecule has 0 aromatic heterocycles. The van der Waals surface area contributed by atoms with E-state index in [9.17, 15) is 24.5 Å². The fourth-order valence-corrected chi connectivity index (χ4v) is 2.40. The molecule has 3 rings (SSSR count). The van der Waals surface area contributed by atoms with E-state index in [1.807, 2.05) is 0 Å². The van der Waals surface area contributed by atoms with Gasteiger partial charge in [-0.25, -0.2) is 0 Å². The zero-order chi connectivity index (χ0) is 20.8. The van der Waals surface area contributed by atoms with Crippen LogP contribution in [0.25, 0.3) is 0 Å². The molecule has 2 aromatic rings. The molecule has 3 amide bonds. The summed E-state index contributed by atoms with van der Waals surface area (Å²) in [6.45, 7) is -0.517. The van der Waals surface area contributed by atoms with Crippen LogP contribution >= 0.6 is 0 Å². The molecular weight excluding hydrogens is 380 g/mol. The summed E-state index contributed by atoms with van der Waals surface area (Å²) in [7, 11) is 0. The number of carbonyl (C=O) groups excluding carboxylic acids is 3. The van der Waals surface area contributed by atoms with Gasteiger partial charge in [-0.15, -0.1) is 0 Å². The quantitative estimate of drug-likeness (QED) is 0.480. The summed E-state index contributed by atoms with van der Waals surface area (Å²) < 4.78 is 5.13. The van der Waals surface area contributed by atoms with Crippen molar-refractivity contribution in [1.82, 2.24) is 10.9 Å². The van der Waals surface area contributed by atoms with Gasteiger partial charge in [0.15, 0.2) is 12.4 Å². The monoisotopic (exact) mass is 398 g/mol. The normalized spacial score (nSPS) is 12.6. The average molecular weight is 398 g/mol. The molecule has 10 heteroatoms. The molecule has 2 aromatic carbocycles. The number of ether oxygens (including phenoxy) is 1. The van der Waals surface area contributed by atoms with Crippen molar-refractivity contribution in [2.75, 3.05) is 11.9 Å². The largest absolute Gasteiger partial charge is 0.477 e. The topological polar surface area (TPSA) is 140 Å². The maximum atomic E-state index is 12.1. The highest BCUT2D eigenvalue weighted by molar-refractivity contribution is 5.97. The Morgan fingerprint density at radius 3 is 2.38 bits per heavy atom. The molecule has 0 aliphatic heterocycles. The van der Waals surface area contributed by atoms with Gasteiger partial charge in [-0.05, 0) is 43.2 Å². The number of amides is 3. The van der Waals surface area contributed by atoms with E-state index in [0.717, 1.165) is 12.8 Å². The molecule has 3 N–H and O–H groups in total. The summed E-state index contributed by atoms with van der Waals surface area (Å²) in [6.07, 6.45) is 1.79. The summed E-state index contributed by atoms with van der Waals surface area (Å²) >= 11 is 0. The molecule has 0 atom stereocenters. The first-order valence-electron chi connectivity index (χ1n) is 8.80. The molecule has 1 saturated carbocycles. The van der Waals surface area contributed by atoms with Gasteiger partial charge in [0.2, 0.25) is 5.91 Å². The Balaban J connectivity index is 1.45. The lowest BCUT2D eigenvalue weighted by atomic mass is 10.2. The summed E-state index contributed by atoms with van der Waals surface area (Å²) in [5, 5.41) is 13.7. The molecule has 0 spiro atoms. The third kappa shape index (κ3) is 5.51. The Bertz CT molecular complexity index is 940. The van der Waals surface area contributed by atoms with E-state index in [1.54, 1.807) is 18.2 Å². The lowest BCUT2D eigenvalue weighted by Crippen LogP contribution is -2.43. The molecule has 29 heavy (non-hydrogen) atoms. The van der Waals surface area contributed by atoms with Crippen molar-refractivity contribution >= 4 is 29.1 Å². The van der Waals surface area contributed by atoms with Gasteiger partial charge in [0.1, 0.15) is 0 Å². The Morgan fingerprint density at radius 2 is 1.72 bits per heavy atom. The molecular formula is C19H18N4O6. The lowest BCUT2D eigenvalue weighted by molar-refractivity contribution is -0.385. The van der Waals surface area contributed by atoms with Gasteiger partial charge in [0, 0.05) is 23.2 Å². The van der Waals surface area contributed by atoms with Gasteiger partial charge >= 0.3 is 5.69 Å². The maximum Gasteiger partial charge on any atom is 0.310 e. The van der Waals surface area contributed by atoms with Gasteiger partial charge in [0.25, 0.3) is 11.8 Å². The number of anilines is 1. The number of nitrogens with one attached hydrogen (secondary N) is 3. The number of carbonyl (C=O) groups is 3. The number of hydrogen-bond donors (Lipinski definition) is 3. The van der Waals surface area contributed by atoms with Crippen LogP contribution in [0, 0.1) is 16.0 Å². The van der Waals surface area contributed by atoms with Crippen LogP contribution in [-0.4, -0.2) is 29.3 Å². The number of nitrogens with zero attached hydrogens (tertiary/aromatic N) is 1. The van der Waals surface area contributed by atoms with E-state index in [1.165, 1.54) is 30.3 Å². The van der Waals surface area contributed by atoms with E-state index < -0.39 is 23.3 Å². The number of rotatable bonds is 7. The van der Waals surface area contributed by atoms with Crippen molar-refractivity contribution in [3.05, 3.63) is 64.2 Å². The fraction of sp³-hybridized carbons (Fsp3) is 0.211. The number of para-hydroxylation sites is 2. The van der Waals surface area contributed by atoms with Crippen LogP contribution in [-0.2, 0) is 9.59 Å². The molecule has 0 bridgehead atoms. The number of nitro benzene ring substituents is 1.